The SMILES string of the molecule is CN(C)CCCNC(=O)CCc1cnn(-c2ccccc2)c1. The van der Waals surface area contributed by atoms with Gasteiger partial charge in [-0.3, -0.25) is 4.79 Å². The van der Waals surface area contributed by atoms with E-state index in [2.05, 4.69) is 15.3 Å². The van der Waals surface area contributed by atoms with Gasteiger partial charge < -0.3 is 10.2 Å². The number of nitrogens with zero attached hydrogens (tertiary/aromatic N) is 3. The number of hydrogen-bond donors (Lipinski definition) is 1. The number of rotatable bonds is 8. The van der Waals surface area contributed by atoms with Crippen LogP contribution in [0.1, 0.15) is 18.4 Å². The summed E-state index contributed by atoms with van der Waals surface area (Å²) in [4.78, 5) is 13.9. The third-order valence-corrected chi connectivity index (χ3v) is 3.40. The number of benzene rings is 1. The van der Waals surface area contributed by atoms with Crippen molar-refractivity contribution in [3.8, 4) is 5.69 Å². The van der Waals surface area contributed by atoms with Gasteiger partial charge in [0.25, 0.3) is 0 Å². The Labute approximate surface area is 131 Å². The first-order chi connectivity index (χ1) is 10.6. The van der Waals surface area contributed by atoms with Gasteiger partial charge in [0.1, 0.15) is 0 Å². The number of carbonyl (C=O) groups excluding carboxylic acids is 1. The van der Waals surface area contributed by atoms with Gasteiger partial charge in [-0.05, 0) is 51.2 Å². The second kappa shape index (κ2) is 8.34. The summed E-state index contributed by atoms with van der Waals surface area (Å²) >= 11 is 0. The maximum absolute atomic E-state index is 11.8. The van der Waals surface area contributed by atoms with Gasteiger partial charge in [-0.25, -0.2) is 4.68 Å². The van der Waals surface area contributed by atoms with E-state index in [0.29, 0.717) is 12.8 Å². The second-order valence-corrected chi connectivity index (χ2v) is 5.64. The van der Waals surface area contributed by atoms with Gasteiger partial charge in [-0.1, -0.05) is 18.2 Å². The fourth-order valence-corrected chi connectivity index (χ4v) is 2.18. The van der Waals surface area contributed by atoms with Crippen LogP contribution in [0, 0.1) is 0 Å². The lowest BCUT2D eigenvalue weighted by molar-refractivity contribution is -0.121. The molecule has 0 aliphatic heterocycles. The zero-order valence-electron chi connectivity index (χ0n) is 13.3. The molecule has 0 radical (unpaired) electrons. The lowest BCUT2D eigenvalue weighted by Crippen LogP contribution is -2.27. The molecule has 0 saturated carbocycles. The Morgan fingerprint density at radius 2 is 2.05 bits per heavy atom. The van der Waals surface area contributed by atoms with Crippen LogP contribution in [0.5, 0.6) is 0 Å². The molecule has 1 amide bonds. The first kappa shape index (κ1) is 16.2. The molecule has 5 nitrogen and oxygen atoms in total. The predicted octanol–water partition coefficient (Wildman–Crippen LogP) is 1.87. The fraction of sp³-hybridized carbons (Fsp3) is 0.412. The van der Waals surface area contributed by atoms with Gasteiger partial charge >= 0.3 is 0 Å². The van der Waals surface area contributed by atoms with Crippen LogP contribution in [0.15, 0.2) is 42.7 Å². The number of para-hydroxylation sites is 1. The van der Waals surface area contributed by atoms with Gasteiger partial charge in [0.2, 0.25) is 5.91 Å². The molecule has 22 heavy (non-hydrogen) atoms. The van der Waals surface area contributed by atoms with Crippen LogP contribution >= 0.6 is 0 Å². The Kier molecular flexibility index (Phi) is 6.15. The summed E-state index contributed by atoms with van der Waals surface area (Å²) in [5.41, 5.74) is 2.11. The molecule has 1 aromatic carbocycles. The Hall–Kier alpha value is -2.14. The van der Waals surface area contributed by atoms with E-state index in [1.165, 1.54) is 0 Å². The monoisotopic (exact) mass is 300 g/mol. The minimum Gasteiger partial charge on any atom is -0.356 e. The summed E-state index contributed by atoms with van der Waals surface area (Å²) in [6.45, 7) is 1.73. The summed E-state index contributed by atoms with van der Waals surface area (Å²) in [6, 6.07) is 9.97. The molecule has 2 rings (SSSR count). The van der Waals surface area contributed by atoms with E-state index in [-0.39, 0.29) is 5.91 Å². The Bertz CT molecular complexity index is 577. The number of carbonyl (C=O) groups is 1. The highest BCUT2D eigenvalue weighted by molar-refractivity contribution is 5.76. The molecule has 1 heterocycles. The maximum Gasteiger partial charge on any atom is 0.220 e. The molecule has 1 aromatic heterocycles. The van der Waals surface area contributed by atoms with E-state index >= 15 is 0 Å². The van der Waals surface area contributed by atoms with Gasteiger partial charge in [-0.15, -0.1) is 0 Å². The summed E-state index contributed by atoms with van der Waals surface area (Å²) in [7, 11) is 4.07. The van der Waals surface area contributed by atoms with Gasteiger partial charge in [0.15, 0.2) is 0 Å². The predicted molar refractivity (Wildman–Crippen MR) is 88.1 cm³/mol. The van der Waals surface area contributed by atoms with E-state index in [4.69, 9.17) is 0 Å². The van der Waals surface area contributed by atoms with Crippen molar-refractivity contribution < 1.29 is 4.79 Å². The van der Waals surface area contributed by atoms with Crippen molar-refractivity contribution in [1.29, 1.82) is 0 Å². The summed E-state index contributed by atoms with van der Waals surface area (Å²) in [5.74, 6) is 0.103. The first-order valence-electron chi connectivity index (χ1n) is 7.65. The van der Waals surface area contributed by atoms with E-state index in [9.17, 15) is 4.79 Å². The van der Waals surface area contributed by atoms with Crippen molar-refractivity contribution in [3.63, 3.8) is 0 Å². The van der Waals surface area contributed by atoms with Gasteiger partial charge in [-0.2, -0.15) is 5.10 Å². The minimum atomic E-state index is 0.103. The van der Waals surface area contributed by atoms with E-state index in [0.717, 1.165) is 30.8 Å². The quantitative estimate of drug-likeness (QED) is 0.757. The van der Waals surface area contributed by atoms with Crippen LogP contribution in [-0.2, 0) is 11.2 Å². The normalized spacial score (nSPS) is 10.9. The molecule has 5 heteroatoms. The van der Waals surface area contributed by atoms with Crippen LogP contribution in [-0.4, -0.2) is 47.8 Å². The largest absolute Gasteiger partial charge is 0.356 e. The zero-order valence-corrected chi connectivity index (χ0v) is 13.3. The van der Waals surface area contributed by atoms with Crippen LogP contribution in [0.4, 0.5) is 0 Å². The molecule has 0 bridgehead atoms. The third-order valence-electron chi connectivity index (χ3n) is 3.40. The molecular weight excluding hydrogens is 276 g/mol. The Morgan fingerprint density at radius 1 is 1.27 bits per heavy atom. The topological polar surface area (TPSA) is 50.2 Å². The van der Waals surface area contributed by atoms with E-state index < -0.39 is 0 Å². The molecule has 0 saturated heterocycles. The number of aryl methyl sites for hydroxylation is 1. The molecule has 0 atom stereocenters. The molecule has 118 valence electrons. The van der Waals surface area contributed by atoms with Crippen LogP contribution in [0.25, 0.3) is 5.69 Å². The summed E-state index contributed by atoms with van der Waals surface area (Å²) < 4.78 is 1.84. The minimum absolute atomic E-state index is 0.103. The van der Waals surface area contributed by atoms with E-state index in [1.807, 2.05) is 61.5 Å². The van der Waals surface area contributed by atoms with Crippen molar-refractivity contribution in [2.24, 2.45) is 0 Å². The maximum atomic E-state index is 11.8. The van der Waals surface area contributed by atoms with Crippen molar-refractivity contribution >= 4 is 5.91 Å². The average Bonchev–Trinajstić information content (AvgIpc) is 2.99. The van der Waals surface area contributed by atoms with E-state index in [1.54, 1.807) is 0 Å². The van der Waals surface area contributed by atoms with Crippen molar-refractivity contribution in [3.05, 3.63) is 48.3 Å². The van der Waals surface area contributed by atoms with Crippen molar-refractivity contribution in [2.45, 2.75) is 19.3 Å². The van der Waals surface area contributed by atoms with Gasteiger partial charge in [0, 0.05) is 19.2 Å². The van der Waals surface area contributed by atoms with Crippen molar-refractivity contribution in [1.82, 2.24) is 20.0 Å². The zero-order chi connectivity index (χ0) is 15.8. The van der Waals surface area contributed by atoms with Crippen LogP contribution < -0.4 is 5.32 Å². The molecular formula is C17H24N4O. The molecule has 0 unspecified atom stereocenters. The van der Waals surface area contributed by atoms with Crippen LogP contribution in [0.2, 0.25) is 0 Å². The number of nitrogens with one attached hydrogen (secondary N) is 1. The fourth-order valence-electron chi connectivity index (χ4n) is 2.18. The number of amides is 1. The second-order valence-electron chi connectivity index (χ2n) is 5.64. The summed E-state index contributed by atoms with van der Waals surface area (Å²) in [5, 5.41) is 7.29. The highest BCUT2D eigenvalue weighted by Gasteiger charge is 2.05. The molecule has 2 aromatic rings. The number of hydrogen-bond acceptors (Lipinski definition) is 3. The highest BCUT2D eigenvalue weighted by Crippen LogP contribution is 2.09. The Morgan fingerprint density at radius 3 is 2.77 bits per heavy atom. The third kappa shape index (κ3) is 5.33. The Balaban J connectivity index is 1.73. The standard InChI is InChI=1S/C17H24N4O/c1-20(2)12-6-11-18-17(22)10-9-15-13-19-21(14-15)16-7-4-3-5-8-16/h3-5,7-8,13-14H,6,9-12H2,1-2H3,(H,18,22). The lowest BCUT2D eigenvalue weighted by atomic mass is 10.2. The molecule has 0 aliphatic carbocycles. The van der Waals surface area contributed by atoms with Crippen LogP contribution in [0.3, 0.4) is 0 Å². The van der Waals surface area contributed by atoms with Gasteiger partial charge in [0.05, 0.1) is 11.9 Å². The first-order valence-corrected chi connectivity index (χ1v) is 7.65. The highest BCUT2D eigenvalue weighted by atomic mass is 16.1. The summed E-state index contributed by atoms with van der Waals surface area (Å²) in [6.07, 6.45) is 6.00. The molecule has 0 spiro atoms. The smallest absolute Gasteiger partial charge is 0.220 e. The molecule has 0 aliphatic rings. The van der Waals surface area contributed by atoms with Crippen molar-refractivity contribution in [2.75, 3.05) is 27.2 Å². The number of aromatic nitrogens is 2. The lowest BCUT2D eigenvalue weighted by Gasteiger charge is -2.09. The molecule has 1 N–H and O–H groups in total. The molecule has 0 fully saturated rings. The average molecular weight is 300 g/mol.